The van der Waals surface area contributed by atoms with Gasteiger partial charge in [-0.25, -0.2) is 4.79 Å². The SMILES string of the molecule is CC1NCCCC1NC(=O)CC(NC(N)=O)c1cccs1. The van der Waals surface area contributed by atoms with Crippen LogP contribution in [0.5, 0.6) is 0 Å². The second-order valence-corrected chi connectivity index (χ2v) is 6.32. The zero-order valence-corrected chi connectivity index (χ0v) is 12.9. The molecular weight excluding hydrogens is 288 g/mol. The standard InChI is InChI=1S/C14H22N4O2S/c1-9-10(4-2-6-16-9)17-13(19)8-11(18-14(15)20)12-5-3-7-21-12/h3,5,7,9-11,16H,2,4,6,8H2,1H3,(H,17,19)(H3,15,18,20). The van der Waals surface area contributed by atoms with Crippen molar-refractivity contribution in [3.63, 3.8) is 0 Å². The van der Waals surface area contributed by atoms with Gasteiger partial charge in [-0.2, -0.15) is 0 Å². The highest BCUT2D eigenvalue weighted by Gasteiger charge is 2.24. The van der Waals surface area contributed by atoms with Crippen LogP contribution < -0.4 is 21.7 Å². The number of nitrogens with one attached hydrogen (secondary N) is 3. The lowest BCUT2D eigenvalue weighted by molar-refractivity contribution is -0.122. The van der Waals surface area contributed by atoms with Crippen LogP contribution in [0.3, 0.4) is 0 Å². The van der Waals surface area contributed by atoms with E-state index in [-0.39, 0.29) is 30.5 Å². The van der Waals surface area contributed by atoms with Gasteiger partial charge >= 0.3 is 6.03 Å². The third kappa shape index (κ3) is 4.71. The number of hydrogen-bond donors (Lipinski definition) is 4. The molecule has 5 N–H and O–H groups in total. The Morgan fingerprint density at radius 1 is 1.57 bits per heavy atom. The van der Waals surface area contributed by atoms with Crippen molar-refractivity contribution in [2.75, 3.05) is 6.54 Å². The lowest BCUT2D eigenvalue weighted by atomic mass is 9.99. The van der Waals surface area contributed by atoms with E-state index in [1.807, 2.05) is 17.5 Å². The fourth-order valence-corrected chi connectivity index (χ4v) is 3.35. The number of amides is 3. The highest BCUT2D eigenvalue weighted by molar-refractivity contribution is 7.10. The molecule has 21 heavy (non-hydrogen) atoms. The van der Waals surface area contributed by atoms with Crippen LogP contribution in [0.1, 0.15) is 37.1 Å². The number of piperidine rings is 1. The molecule has 0 aromatic carbocycles. The van der Waals surface area contributed by atoms with Crippen LogP contribution in [0.15, 0.2) is 17.5 Å². The van der Waals surface area contributed by atoms with Crippen LogP contribution in [0.4, 0.5) is 4.79 Å². The number of carbonyl (C=O) groups is 2. The minimum atomic E-state index is -0.617. The maximum atomic E-state index is 12.2. The number of thiophene rings is 1. The van der Waals surface area contributed by atoms with E-state index in [1.54, 1.807) is 0 Å². The van der Waals surface area contributed by atoms with E-state index in [0.717, 1.165) is 24.3 Å². The van der Waals surface area contributed by atoms with E-state index < -0.39 is 6.03 Å². The topological polar surface area (TPSA) is 96.2 Å². The van der Waals surface area contributed by atoms with Crippen molar-refractivity contribution in [3.05, 3.63) is 22.4 Å². The second kappa shape index (κ2) is 7.42. The lowest BCUT2D eigenvalue weighted by Gasteiger charge is -2.31. The van der Waals surface area contributed by atoms with Gasteiger partial charge in [0.1, 0.15) is 0 Å². The fraction of sp³-hybridized carbons (Fsp3) is 0.571. The van der Waals surface area contributed by atoms with Gasteiger partial charge in [-0.05, 0) is 37.8 Å². The Morgan fingerprint density at radius 2 is 2.38 bits per heavy atom. The van der Waals surface area contributed by atoms with E-state index in [1.165, 1.54) is 11.3 Å². The van der Waals surface area contributed by atoms with Crippen molar-refractivity contribution in [3.8, 4) is 0 Å². The Kier molecular flexibility index (Phi) is 5.58. The number of hydrogen-bond acceptors (Lipinski definition) is 4. The summed E-state index contributed by atoms with van der Waals surface area (Å²) >= 11 is 1.50. The maximum absolute atomic E-state index is 12.2. The molecule has 1 aromatic rings. The highest BCUT2D eigenvalue weighted by atomic mass is 32.1. The molecule has 0 radical (unpaired) electrons. The zero-order valence-electron chi connectivity index (χ0n) is 12.1. The third-order valence-electron chi connectivity index (χ3n) is 3.70. The monoisotopic (exact) mass is 310 g/mol. The van der Waals surface area contributed by atoms with Crippen molar-refractivity contribution in [1.82, 2.24) is 16.0 Å². The van der Waals surface area contributed by atoms with Gasteiger partial charge in [-0.1, -0.05) is 6.07 Å². The molecule has 6 nitrogen and oxygen atoms in total. The largest absolute Gasteiger partial charge is 0.352 e. The zero-order chi connectivity index (χ0) is 15.2. The van der Waals surface area contributed by atoms with Crippen molar-refractivity contribution < 1.29 is 9.59 Å². The maximum Gasteiger partial charge on any atom is 0.312 e. The Bertz CT molecular complexity index is 477. The summed E-state index contributed by atoms with van der Waals surface area (Å²) in [5.41, 5.74) is 5.19. The van der Waals surface area contributed by atoms with Crippen molar-refractivity contribution in [2.24, 2.45) is 5.73 Å². The van der Waals surface area contributed by atoms with Gasteiger partial charge < -0.3 is 21.7 Å². The molecule has 1 aliphatic rings. The molecule has 0 bridgehead atoms. The summed E-state index contributed by atoms with van der Waals surface area (Å²) in [6, 6.07) is 3.21. The summed E-state index contributed by atoms with van der Waals surface area (Å²) in [5.74, 6) is -0.0669. The Hall–Kier alpha value is -1.60. The summed E-state index contributed by atoms with van der Waals surface area (Å²) in [4.78, 5) is 24.2. The first-order valence-corrected chi connectivity index (χ1v) is 8.06. The van der Waals surface area contributed by atoms with Gasteiger partial charge in [0, 0.05) is 17.0 Å². The van der Waals surface area contributed by atoms with E-state index in [0.29, 0.717) is 0 Å². The predicted octanol–water partition coefficient (Wildman–Crippen LogP) is 1.10. The smallest absolute Gasteiger partial charge is 0.312 e. The van der Waals surface area contributed by atoms with Gasteiger partial charge in [-0.3, -0.25) is 4.79 Å². The van der Waals surface area contributed by atoms with E-state index >= 15 is 0 Å². The second-order valence-electron chi connectivity index (χ2n) is 5.34. The molecule has 7 heteroatoms. The third-order valence-corrected chi connectivity index (χ3v) is 4.69. The molecule has 116 valence electrons. The van der Waals surface area contributed by atoms with Crippen LogP contribution in [0.25, 0.3) is 0 Å². The van der Waals surface area contributed by atoms with Crippen molar-refractivity contribution in [2.45, 2.75) is 44.3 Å². The number of rotatable bonds is 5. The Morgan fingerprint density at radius 3 is 3.00 bits per heavy atom. The molecule has 0 saturated carbocycles. The number of carbonyl (C=O) groups excluding carboxylic acids is 2. The molecule has 0 aliphatic carbocycles. The minimum Gasteiger partial charge on any atom is -0.352 e. The molecule has 2 rings (SSSR count). The normalized spacial score (nSPS) is 23.3. The molecule has 3 unspecified atom stereocenters. The van der Waals surface area contributed by atoms with Crippen LogP contribution >= 0.6 is 11.3 Å². The first-order valence-electron chi connectivity index (χ1n) is 7.18. The average Bonchev–Trinajstić information content (AvgIpc) is 2.94. The predicted molar refractivity (Wildman–Crippen MR) is 83.0 cm³/mol. The minimum absolute atomic E-state index is 0.0669. The number of urea groups is 1. The average molecular weight is 310 g/mol. The highest BCUT2D eigenvalue weighted by Crippen LogP contribution is 2.22. The van der Waals surface area contributed by atoms with Gasteiger partial charge in [-0.15, -0.1) is 11.3 Å². The molecular formula is C14H22N4O2S. The van der Waals surface area contributed by atoms with E-state index in [9.17, 15) is 9.59 Å². The molecule has 1 saturated heterocycles. The van der Waals surface area contributed by atoms with Crippen molar-refractivity contribution >= 4 is 23.3 Å². The molecule has 2 heterocycles. The molecule has 1 aromatic heterocycles. The van der Waals surface area contributed by atoms with Gasteiger partial charge in [0.2, 0.25) is 5.91 Å². The fourth-order valence-electron chi connectivity index (χ4n) is 2.58. The van der Waals surface area contributed by atoms with E-state index in [4.69, 9.17) is 5.73 Å². The summed E-state index contributed by atoms with van der Waals surface area (Å²) in [6.45, 7) is 3.07. The van der Waals surface area contributed by atoms with Crippen molar-refractivity contribution in [1.29, 1.82) is 0 Å². The quantitative estimate of drug-likeness (QED) is 0.656. The van der Waals surface area contributed by atoms with Gasteiger partial charge in [0.25, 0.3) is 0 Å². The van der Waals surface area contributed by atoms with Gasteiger partial charge in [0.15, 0.2) is 0 Å². The first-order chi connectivity index (χ1) is 10.1. The van der Waals surface area contributed by atoms with Crippen LogP contribution in [-0.2, 0) is 4.79 Å². The lowest BCUT2D eigenvalue weighted by Crippen LogP contribution is -2.52. The molecule has 3 atom stereocenters. The first kappa shape index (κ1) is 15.8. The molecule has 1 fully saturated rings. The van der Waals surface area contributed by atoms with E-state index in [2.05, 4.69) is 22.9 Å². The molecule has 0 spiro atoms. The van der Waals surface area contributed by atoms with Crippen LogP contribution in [-0.4, -0.2) is 30.6 Å². The summed E-state index contributed by atoms with van der Waals surface area (Å²) in [5, 5.41) is 10.9. The summed E-state index contributed by atoms with van der Waals surface area (Å²) in [7, 11) is 0. The number of nitrogens with two attached hydrogens (primary N) is 1. The van der Waals surface area contributed by atoms with Crippen LogP contribution in [0.2, 0.25) is 0 Å². The number of primary amides is 1. The summed E-state index contributed by atoms with van der Waals surface area (Å²) in [6.07, 6.45) is 2.24. The summed E-state index contributed by atoms with van der Waals surface area (Å²) < 4.78 is 0. The molecule has 1 aliphatic heterocycles. The Labute approximate surface area is 128 Å². The van der Waals surface area contributed by atoms with Gasteiger partial charge in [0.05, 0.1) is 12.5 Å². The molecule has 3 amide bonds. The Balaban J connectivity index is 1.93. The van der Waals surface area contributed by atoms with Crippen LogP contribution in [0, 0.1) is 0 Å².